The van der Waals surface area contributed by atoms with Crippen LogP contribution in [-0.4, -0.2) is 9.55 Å². The highest BCUT2D eigenvalue weighted by atomic mass is 15.1. The molecule has 0 saturated heterocycles. The summed E-state index contributed by atoms with van der Waals surface area (Å²) in [5, 5.41) is 0. The van der Waals surface area contributed by atoms with Crippen LogP contribution in [0.2, 0.25) is 0 Å². The van der Waals surface area contributed by atoms with Crippen LogP contribution in [0.25, 0.3) is 0 Å². The predicted molar refractivity (Wildman–Crippen MR) is 84.5 cm³/mol. The summed E-state index contributed by atoms with van der Waals surface area (Å²) in [7, 11) is 0. The van der Waals surface area contributed by atoms with Crippen molar-refractivity contribution in [1.82, 2.24) is 9.55 Å². The molecule has 3 nitrogen and oxygen atoms in total. The second-order valence-corrected chi connectivity index (χ2v) is 6.93. The number of rotatable bonds is 6. The third kappa shape index (κ3) is 3.85. The van der Waals surface area contributed by atoms with E-state index in [0.29, 0.717) is 12.0 Å². The lowest BCUT2D eigenvalue weighted by molar-refractivity contribution is 0.256. The first-order valence-corrected chi connectivity index (χ1v) is 8.39. The smallest absolute Gasteiger partial charge is 0.0951 e. The second kappa shape index (κ2) is 7.26. The van der Waals surface area contributed by atoms with E-state index < -0.39 is 0 Å². The van der Waals surface area contributed by atoms with Crippen molar-refractivity contribution in [2.45, 2.75) is 77.8 Å². The highest BCUT2D eigenvalue weighted by molar-refractivity contribution is 5.06. The van der Waals surface area contributed by atoms with Gasteiger partial charge in [-0.25, -0.2) is 4.98 Å². The first-order valence-electron chi connectivity index (χ1n) is 8.39. The van der Waals surface area contributed by atoms with Crippen LogP contribution in [-0.2, 0) is 0 Å². The van der Waals surface area contributed by atoms with E-state index in [1.54, 1.807) is 0 Å². The van der Waals surface area contributed by atoms with E-state index >= 15 is 0 Å². The molecule has 0 aliphatic heterocycles. The van der Waals surface area contributed by atoms with Gasteiger partial charge >= 0.3 is 0 Å². The van der Waals surface area contributed by atoms with Crippen LogP contribution in [0.3, 0.4) is 0 Å². The van der Waals surface area contributed by atoms with Gasteiger partial charge in [-0.15, -0.1) is 0 Å². The SMILES string of the molecule is CCCC1CCC(n2cncc2C(N)CC(C)C)CC1. The molecule has 114 valence electrons. The van der Waals surface area contributed by atoms with Crippen LogP contribution in [0.1, 0.15) is 83.5 Å². The minimum atomic E-state index is 0.130. The molecule has 1 aliphatic carbocycles. The lowest BCUT2D eigenvalue weighted by Gasteiger charge is -2.31. The highest BCUT2D eigenvalue weighted by Crippen LogP contribution is 2.36. The van der Waals surface area contributed by atoms with E-state index in [9.17, 15) is 0 Å². The van der Waals surface area contributed by atoms with Gasteiger partial charge in [-0.05, 0) is 43.9 Å². The third-order valence-electron chi connectivity index (χ3n) is 4.71. The summed E-state index contributed by atoms with van der Waals surface area (Å²) in [4.78, 5) is 4.36. The summed E-state index contributed by atoms with van der Waals surface area (Å²) in [6, 6.07) is 0.754. The van der Waals surface area contributed by atoms with Crippen LogP contribution in [0.4, 0.5) is 0 Å². The van der Waals surface area contributed by atoms with Gasteiger partial charge in [-0.1, -0.05) is 33.6 Å². The van der Waals surface area contributed by atoms with Gasteiger partial charge in [0.25, 0.3) is 0 Å². The molecule has 0 amide bonds. The van der Waals surface area contributed by atoms with Crippen molar-refractivity contribution in [2.75, 3.05) is 0 Å². The number of imidazole rings is 1. The molecule has 3 heteroatoms. The highest BCUT2D eigenvalue weighted by Gasteiger charge is 2.24. The molecule has 0 radical (unpaired) electrons. The fourth-order valence-corrected chi connectivity index (χ4v) is 3.66. The standard InChI is InChI=1S/C17H31N3/c1-4-5-14-6-8-15(9-7-14)20-12-19-11-17(20)16(18)10-13(2)3/h11-16H,4-10,18H2,1-3H3. The van der Waals surface area contributed by atoms with E-state index in [2.05, 4.69) is 30.3 Å². The number of hydrogen-bond acceptors (Lipinski definition) is 2. The van der Waals surface area contributed by atoms with Crippen molar-refractivity contribution >= 4 is 0 Å². The molecule has 0 spiro atoms. The maximum Gasteiger partial charge on any atom is 0.0951 e. The predicted octanol–water partition coefficient (Wildman–Crippen LogP) is 4.46. The van der Waals surface area contributed by atoms with Gasteiger partial charge in [-0.3, -0.25) is 0 Å². The Balaban J connectivity index is 1.98. The van der Waals surface area contributed by atoms with Gasteiger partial charge < -0.3 is 10.3 Å². The topological polar surface area (TPSA) is 43.8 Å². The van der Waals surface area contributed by atoms with E-state index in [-0.39, 0.29) is 6.04 Å². The van der Waals surface area contributed by atoms with E-state index in [4.69, 9.17) is 5.73 Å². The van der Waals surface area contributed by atoms with Gasteiger partial charge in [0.15, 0.2) is 0 Å². The molecule has 1 aromatic rings. The molecule has 1 atom stereocenters. The van der Waals surface area contributed by atoms with Gasteiger partial charge in [0, 0.05) is 18.3 Å². The molecule has 1 saturated carbocycles. The number of nitrogens with zero attached hydrogens (tertiary/aromatic N) is 2. The molecule has 1 unspecified atom stereocenters. The normalized spacial score (nSPS) is 25.1. The fraction of sp³-hybridized carbons (Fsp3) is 0.824. The lowest BCUT2D eigenvalue weighted by atomic mass is 9.83. The summed E-state index contributed by atoms with van der Waals surface area (Å²) in [5.41, 5.74) is 7.60. The largest absolute Gasteiger partial charge is 0.330 e. The average molecular weight is 277 g/mol. The van der Waals surface area contributed by atoms with Crippen LogP contribution < -0.4 is 5.73 Å². The van der Waals surface area contributed by atoms with Gasteiger partial charge in [-0.2, -0.15) is 0 Å². The molecule has 2 rings (SSSR count). The lowest BCUT2D eigenvalue weighted by Crippen LogP contribution is -2.23. The van der Waals surface area contributed by atoms with E-state index in [0.717, 1.165) is 12.3 Å². The number of aromatic nitrogens is 2. The first-order chi connectivity index (χ1) is 9.61. The van der Waals surface area contributed by atoms with Crippen molar-refractivity contribution in [3.63, 3.8) is 0 Å². The Morgan fingerprint density at radius 1 is 1.30 bits per heavy atom. The summed E-state index contributed by atoms with van der Waals surface area (Å²) in [6.45, 7) is 6.76. The molecule has 1 heterocycles. The summed E-state index contributed by atoms with van der Waals surface area (Å²) < 4.78 is 2.37. The Labute approximate surface area is 124 Å². The first kappa shape index (κ1) is 15.6. The molecule has 2 N–H and O–H groups in total. The Kier molecular flexibility index (Phi) is 5.64. The number of nitrogens with two attached hydrogens (primary N) is 1. The third-order valence-corrected chi connectivity index (χ3v) is 4.71. The monoisotopic (exact) mass is 277 g/mol. The summed E-state index contributed by atoms with van der Waals surface area (Å²) in [6.07, 6.45) is 13.1. The van der Waals surface area contributed by atoms with Crippen molar-refractivity contribution in [3.05, 3.63) is 18.2 Å². The molecule has 1 fully saturated rings. The summed E-state index contributed by atoms with van der Waals surface area (Å²) in [5.74, 6) is 1.58. The van der Waals surface area contributed by atoms with Crippen LogP contribution in [0, 0.1) is 11.8 Å². The zero-order valence-electron chi connectivity index (χ0n) is 13.4. The minimum absolute atomic E-state index is 0.130. The van der Waals surface area contributed by atoms with Gasteiger partial charge in [0.2, 0.25) is 0 Å². The van der Waals surface area contributed by atoms with E-state index in [1.807, 2.05) is 12.5 Å². The molecular weight excluding hydrogens is 246 g/mol. The Bertz CT molecular complexity index is 389. The van der Waals surface area contributed by atoms with Crippen LogP contribution >= 0.6 is 0 Å². The maximum atomic E-state index is 6.36. The molecular formula is C17H31N3. The molecule has 20 heavy (non-hydrogen) atoms. The Morgan fingerprint density at radius 2 is 2.00 bits per heavy atom. The summed E-state index contributed by atoms with van der Waals surface area (Å²) >= 11 is 0. The zero-order valence-corrected chi connectivity index (χ0v) is 13.4. The van der Waals surface area contributed by atoms with E-state index in [1.165, 1.54) is 44.2 Å². The molecule has 1 aromatic heterocycles. The Hall–Kier alpha value is -0.830. The molecule has 1 aliphatic rings. The zero-order chi connectivity index (χ0) is 14.5. The number of hydrogen-bond donors (Lipinski definition) is 1. The maximum absolute atomic E-state index is 6.36. The van der Waals surface area contributed by atoms with Crippen LogP contribution in [0.5, 0.6) is 0 Å². The second-order valence-electron chi connectivity index (χ2n) is 6.93. The quantitative estimate of drug-likeness (QED) is 0.834. The van der Waals surface area contributed by atoms with Crippen molar-refractivity contribution in [3.8, 4) is 0 Å². The van der Waals surface area contributed by atoms with Crippen molar-refractivity contribution in [1.29, 1.82) is 0 Å². The van der Waals surface area contributed by atoms with Gasteiger partial charge in [0.05, 0.1) is 12.0 Å². The minimum Gasteiger partial charge on any atom is -0.330 e. The van der Waals surface area contributed by atoms with Crippen LogP contribution in [0.15, 0.2) is 12.5 Å². The molecule has 0 bridgehead atoms. The van der Waals surface area contributed by atoms with Crippen molar-refractivity contribution in [2.24, 2.45) is 17.6 Å². The molecule has 0 aromatic carbocycles. The van der Waals surface area contributed by atoms with Gasteiger partial charge in [0.1, 0.15) is 0 Å². The fourth-order valence-electron chi connectivity index (χ4n) is 3.66. The van der Waals surface area contributed by atoms with Crippen molar-refractivity contribution < 1.29 is 0 Å². The Morgan fingerprint density at radius 3 is 2.60 bits per heavy atom. The average Bonchev–Trinajstić information content (AvgIpc) is 2.88.